The number of nitrogens with zero attached hydrogens (tertiary/aromatic N) is 8. The number of carbonyl (C=O) groups is 6. The number of piperidine rings is 1. The molecule has 0 unspecified atom stereocenters. The molecular formula is C62H85N11O9S. The van der Waals surface area contributed by atoms with E-state index in [0.29, 0.717) is 56.3 Å². The number of nitrogens with one attached hydrogen (secondary N) is 3. The summed E-state index contributed by atoms with van der Waals surface area (Å²) in [7, 11) is 0. The van der Waals surface area contributed by atoms with Crippen molar-refractivity contribution in [1.29, 1.82) is 0 Å². The number of aryl methyl sites for hydroxylation is 1. The van der Waals surface area contributed by atoms with Gasteiger partial charge in [-0.15, -0.1) is 16.4 Å². The Morgan fingerprint density at radius 1 is 0.819 bits per heavy atom. The molecule has 4 N–H and O–H groups in total. The van der Waals surface area contributed by atoms with Gasteiger partial charge < -0.3 is 45.2 Å². The van der Waals surface area contributed by atoms with Gasteiger partial charge in [0.15, 0.2) is 5.69 Å². The fraction of sp³-hybridized carbons (Fsp3) is 0.581. The van der Waals surface area contributed by atoms with Crippen LogP contribution in [0.2, 0.25) is 0 Å². The number of aliphatic hydroxyl groups excluding tert-OH is 1. The summed E-state index contributed by atoms with van der Waals surface area (Å²) in [6.07, 6.45) is 15.3. The van der Waals surface area contributed by atoms with Crippen LogP contribution in [0.25, 0.3) is 16.5 Å². The maximum atomic E-state index is 14.0. The third-order valence-electron chi connectivity index (χ3n) is 16.6. The molecule has 21 heteroatoms. The van der Waals surface area contributed by atoms with Crippen molar-refractivity contribution in [3.05, 3.63) is 101 Å². The van der Waals surface area contributed by atoms with Gasteiger partial charge >= 0.3 is 0 Å². The van der Waals surface area contributed by atoms with E-state index in [0.717, 1.165) is 104 Å². The lowest BCUT2D eigenvalue weighted by Crippen LogP contribution is -2.57. The molecule has 0 spiro atoms. The minimum atomic E-state index is -0.944. The van der Waals surface area contributed by atoms with E-state index in [1.807, 2.05) is 91.5 Å². The van der Waals surface area contributed by atoms with Gasteiger partial charge in [0, 0.05) is 102 Å². The van der Waals surface area contributed by atoms with Crippen molar-refractivity contribution in [3.63, 3.8) is 0 Å². The molecular weight excluding hydrogens is 1070 g/mol. The first-order valence-corrected chi connectivity index (χ1v) is 30.7. The zero-order chi connectivity index (χ0) is 58.7. The Hall–Kier alpha value is -6.52. The number of piperazine rings is 1. The third-order valence-corrected chi connectivity index (χ3v) is 17.5. The van der Waals surface area contributed by atoms with Crippen LogP contribution in [0.3, 0.4) is 0 Å². The number of pyridine rings is 1. The van der Waals surface area contributed by atoms with E-state index in [-0.39, 0.29) is 88.3 Å². The first-order chi connectivity index (χ1) is 40.1. The number of β-amino-alcohol motifs (C(OH)–C–C–N with tert-alkyl or cyclic N) is 1. The van der Waals surface area contributed by atoms with Crippen molar-refractivity contribution in [2.45, 2.75) is 141 Å². The van der Waals surface area contributed by atoms with Crippen LogP contribution in [0.5, 0.6) is 0 Å². The number of ether oxygens (including phenoxy) is 2. The molecule has 4 fully saturated rings. The SMILES string of the molecule is Cc1ncsc1-c1ccc(CNC(=O)[C@@H]2C[C@@H](O)CN2C(=O)[C@@H](NC(=O)CCOCCOCCC(=O)N2CCN(C3CCC(c4ccc(C(=O)N5CCC(CCCCNC(=O)/C=C/c6cccnc6)CC5)nn4)CC3)CC2)C(C)(C)C)cc1. The monoisotopic (exact) mass is 1160 g/mol. The maximum Gasteiger partial charge on any atom is 0.274 e. The van der Waals surface area contributed by atoms with E-state index in [1.165, 1.54) is 4.90 Å². The number of unbranched alkanes of at least 4 members (excludes halogenated alkanes) is 1. The van der Waals surface area contributed by atoms with E-state index in [9.17, 15) is 33.9 Å². The standard InChI is InChI=1S/C62H85N11O9S/c1-43-57(83-42-66-43)48-13-10-46(11-14-48)40-65-59(78)53-38-50(74)41-73(53)61(80)58(62(2,3)4)67-55(76)24-34-81-36-37-82-35-25-56(77)71-32-30-70(31-33-71)49-17-15-47(16-18-49)51-19-20-52(69-68-51)60(79)72-28-22-44(23-29-72)8-5-6-27-64-54(75)21-12-45-9-7-26-63-39-45/h7,9-14,19-21,26,39,42,44,47,49-50,53,58,74H,5-6,8,15-18,22-25,27-38,40-41H2,1-4H3,(H,64,75)(H,65,78)(H,67,76)/b21-12+/t47?,49?,50-,53+,58-/m1/s1. The van der Waals surface area contributed by atoms with Crippen molar-refractivity contribution in [2.24, 2.45) is 11.3 Å². The fourth-order valence-electron chi connectivity index (χ4n) is 11.6. The Kier molecular flexibility index (Phi) is 23.2. The van der Waals surface area contributed by atoms with Crippen LogP contribution in [-0.4, -0.2) is 183 Å². The van der Waals surface area contributed by atoms with E-state index < -0.39 is 29.5 Å². The van der Waals surface area contributed by atoms with E-state index in [4.69, 9.17) is 9.47 Å². The molecule has 4 aliphatic rings. The van der Waals surface area contributed by atoms with Gasteiger partial charge in [0.1, 0.15) is 12.1 Å². The van der Waals surface area contributed by atoms with Gasteiger partial charge in [0.25, 0.3) is 5.91 Å². The predicted octanol–water partition coefficient (Wildman–Crippen LogP) is 5.95. The summed E-state index contributed by atoms with van der Waals surface area (Å²) < 4.78 is 11.4. The van der Waals surface area contributed by atoms with Crippen LogP contribution in [0.4, 0.5) is 0 Å². The number of aliphatic hydroxyl groups is 1. The summed E-state index contributed by atoms with van der Waals surface area (Å²) >= 11 is 1.57. The summed E-state index contributed by atoms with van der Waals surface area (Å²) in [4.78, 5) is 96.5. The fourth-order valence-corrected chi connectivity index (χ4v) is 12.4. The first-order valence-electron chi connectivity index (χ1n) is 29.8. The van der Waals surface area contributed by atoms with Crippen LogP contribution >= 0.6 is 11.3 Å². The Bertz CT molecular complexity index is 2770. The Morgan fingerprint density at radius 2 is 1.55 bits per heavy atom. The third kappa shape index (κ3) is 18.5. The summed E-state index contributed by atoms with van der Waals surface area (Å²) in [5.74, 6) is -0.383. The molecule has 0 radical (unpaired) electrons. The van der Waals surface area contributed by atoms with E-state index in [1.54, 1.807) is 35.9 Å². The second kappa shape index (κ2) is 30.9. The molecule has 1 saturated carbocycles. The summed E-state index contributed by atoms with van der Waals surface area (Å²) in [6.45, 7) is 13.7. The summed E-state index contributed by atoms with van der Waals surface area (Å²) in [6, 6.07) is 14.1. The average Bonchev–Trinajstić information content (AvgIpc) is 3.74. The highest BCUT2D eigenvalue weighted by Crippen LogP contribution is 2.35. The molecule has 1 aliphatic carbocycles. The molecule has 3 aromatic heterocycles. The van der Waals surface area contributed by atoms with Crippen LogP contribution in [0.15, 0.2) is 72.5 Å². The number of carbonyl (C=O) groups excluding carboxylic acids is 6. The molecule has 8 rings (SSSR count). The molecule has 3 saturated heterocycles. The Labute approximate surface area is 492 Å². The molecule has 1 aromatic carbocycles. The highest BCUT2D eigenvalue weighted by Gasteiger charge is 2.44. The molecule has 0 bridgehead atoms. The number of likely N-dealkylation sites (tertiary alicyclic amines) is 2. The van der Waals surface area contributed by atoms with Gasteiger partial charge in [-0.25, -0.2) is 4.98 Å². The van der Waals surface area contributed by atoms with Crippen LogP contribution in [0, 0.1) is 18.3 Å². The van der Waals surface area contributed by atoms with Crippen LogP contribution in [0.1, 0.15) is 137 Å². The number of hydrogen-bond acceptors (Lipinski definition) is 15. The normalized spacial score (nSPS) is 20.3. The first kappa shape index (κ1) is 62.5. The maximum absolute atomic E-state index is 14.0. The number of hydrogen-bond donors (Lipinski definition) is 4. The van der Waals surface area contributed by atoms with Crippen molar-refractivity contribution in [2.75, 3.05) is 78.8 Å². The topological polar surface area (TPSA) is 242 Å². The van der Waals surface area contributed by atoms with Crippen molar-refractivity contribution in [3.8, 4) is 10.4 Å². The summed E-state index contributed by atoms with van der Waals surface area (Å²) in [5.41, 5.74) is 6.27. The second-order valence-corrected chi connectivity index (χ2v) is 24.4. The lowest BCUT2D eigenvalue weighted by Gasteiger charge is -2.42. The van der Waals surface area contributed by atoms with Gasteiger partial charge in [-0.1, -0.05) is 63.9 Å². The molecule has 6 heterocycles. The smallest absolute Gasteiger partial charge is 0.274 e. The van der Waals surface area contributed by atoms with Crippen molar-refractivity contribution >= 4 is 52.9 Å². The van der Waals surface area contributed by atoms with Gasteiger partial charge in [0.05, 0.1) is 60.7 Å². The minimum absolute atomic E-state index is 0.00859. The zero-order valence-electron chi connectivity index (χ0n) is 48.8. The van der Waals surface area contributed by atoms with Gasteiger partial charge in [-0.3, -0.25) is 38.7 Å². The van der Waals surface area contributed by atoms with E-state index in [2.05, 4.69) is 41.0 Å². The minimum Gasteiger partial charge on any atom is -0.391 e. The molecule has 3 aliphatic heterocycles. The highest BCUT2D eigenvalue weighted by atomic mass is 32.1. The highest BCUT2D eigenvalue weighted by molar-refractivity contribution is 7.13. The number of thiazole rings is 1. The van der Waals surface area contributed by atoms with Crippen LogP contribution in [-0.2, 0) is 40.0 Å². The lowest BCUT2D eigenvalue weighted by molar-refractivity contribution is -0.144. The van der Waals surface area contributed by atoms with Crippen molar-refractivity contribution < 1.29 is 43.3 Å². The predicted molar refractivity (Wildman–Crippen MR) is 316 cm³/mol. The number of benzene rings is 1. The van der Waals surface area contributed by atoms with E-state index >= 15 is 0 Å². The zero-order valence-corrected chi connectivity index (χ0v) is 49.7. The molecule has 448 valence electrons. The molecule has 4 aromatic rings. The molecule has 83 heavy (non-hydrogen) atoms. The van der Waals surface area contributed by atoms with Gasteiger partial charge in [-0.2, -0.15) is 5.10 Å². The molecule has 6 amide bonds. The number of amides is 6. The van der Waals surface area contributed by atoms with Crippen molar-refractivity contribution in [1.82, 2.24) is 55.7 Å². The second-order valence-electron chi connectivity index (χ2n) is 23.6. The molecule has 3 atom stereocenters. The number of aromatic nitrogens is 4. The largest absolute Gasteiger partial charge is 0.391 e. The average molecular weight is 1160 g/mol. The van der Waals surface area contributed by atoms with Crippen LogP contribution < -0.4 is 16.0 Å². The lowest BCUT2D eigenvalue weighted by atomic mass is 9.83. The van der Waals surface area contributed by atoms with Gasteiger partial charge in [-0.05, 0) is 104 Å². The Morgan fingerprint density at radius 3 is 2.22 bits per heavy atom. The summed E-state index contributed by atoms with van der Waals surface area (Å²) in [5, 5.41) is 28.3. The molecule has 20 nitrogen and oxygen atoms in total. The Balaban J connectivity index is 0.641. The van der Waals surface area contributed by atoms with Gasteiger partial charge in [0.2, 0.25) is 29.5 Å². The number of rotatable bonds is 25. The quantitative estimate of drug-likeness (QED) is 0.0443.